The Morgan fingerprint density at radius 3 is 2.10 bits per heavy atom. The largest absolute Gasteiger partial charge is 0.337 e. The number of anilines is 3. The molecule has 4 aromatic rings. The first-order chi connectivity index (χ1) is 13.9. The SMILES string of the molecule is Cc1cc(F)ccc1S(=O)(=O)Nc1nc2ccccc2nc1Nc1ccccc1. The molecule has 0 amide bonds. The first-order valence-electron chi connectivity index (χ1n) is 8.80. The lowest BCUT2D eigenvalue weighted by Crippen LogP contribution is -2.17. The van der Waals surface area contributed by atoms with Crippen molar-refractivity contribution in [1.82, 2.24) is 9.97 Å². The smallest absolute Gasteiger partial charge is 0.263 e. The van der Waals surface area contributed by atoms with Gasteiger partial charge >= 0.3 is 0 Å². The van der Waals surface area contributed by atoms with Crippen LogP contribution in [0.2, 0.25) is 0 Å². The molecular formula is C21H17FN4O2S. The van der Waals surface area contributed by atoms with Crippen molar-refractivity contribution in [2.45, 2.75) is 11.8 Å². The van der Waals surface area contributed by atoms with Crippen molar-refractivity contribution in [3.63, 3.8) is 0 Å². The fourth-order valence-corrected chi connectivity index (χ4v) is 4.15. The van der Waals surface area contributed by atoms with Crippen molar-refractivity contribution in [1.29, 1.82) is 0 Å². The Kier molecular flexibility index (Phi) is 4.85. The molecule has 0 aliphatic rings. The molecule has 0 atom stereocenters. The zero-order chi connectivity index (χ0) is 20.4. The number of fused-ring (bicyclic) bond motifs is 1. The molecule has 1 heterocycles. The Labute approximate surface area is 167 Å². The number of sulfonamides is 1. The molecule has 3 aromatic carbocycles. The fraction of sp³-hybridized carbons (Fsp3) is 0.0476. The van der Waals surface area contributed by atoms with E-state index in [1.165, 1.54) is 19.1 Å². The van der Waals surface area contributed by atoms with E-state index in [0.29, 0.717) is 16.6 Å². The zero-order valence-corrected chi connectivity index (χ0v) is 16.2. The van der Waals surface area contributed by atoms with Gasteiger partial charge in [0.15, 0.2) is 11.6 Å². The van der Waals surface area contributed by atoms with Crippen LogP contribution in [0.5, 0.6) is 0 Å². The number of hydrogen-bond acceptors (Lipinski definition) is 5. The molecule has 0 fully saturated rings. The summed E-state index contributed by atoms with van der Waals surface area (Å²) in [7, 11) is -4.00. The average Bonchev–Trinajstić information content (AvgIpc) is 2.68. The average molecular weight is 408 g/mol. The molecule has 0 spiro atoms. The molecule has 2 N–H and O–H groups in total. The van der Waals surface area contributed by atoms with Gasteiger partial charge in [-0.2, -0.15) is 0 Å². The van der Waals surface area contributed by atoms with Gasteiger partial charge in [-0.25, -0.2) is 22.8 Å². The van der Waals surface area contributed by atoms with Crippen molar-refractivity contribution in [3.8, 4) is 0 Å². The van der Waals surface area contributed by atoms with Gasteiger partial charge < -0.3 is 5.32 Å². The Morgan fingerprint density at radius 1 is 0.828 bits per heavy atom. The molecule has 0 aliphatic heterocycles. The number of benzene rings is 3. The number of rotatable bonds is 5. The standard InChI is InChI=1S/C21H17FN4O2S/c1-14-13-15(22)11-12-19(14)29(27,28)26-21-20(23-16-7-3-2-4-8-16)24-17-9-5-6-10-18(17)25-21/h2-13H,1H3,(H,23,24)(H,25,26). The third-order valence-electron chi connectivity index (χ3n) is 4.26. The summed E-state index contributed by atoms with van der Waals surface area (Å²) in [5, 5.41) is 3.10. The Bertz CT molecular complexity index is 1290. The third kappa shape index (κ3) is 4.02. The maximum atomic E-state index is 13.4. The van der Waals surface area contributed by atoms with Crippen molar-refractivity contribution < 1.29 is 12.8 Å². The van der Waals surface area contributed by atoms with Crippen LogP contribution in [-0.4, -0.2) is 18.4 Å². The Balaban J connectivity index is 1.80. The van der Waals surface area contributed by atoms with Crippen LogP contribution in [0.25, 0.3) is 11.0 Å². The highest BCUT2D eigenvalue weighted by atomic mass is 32.2. The molecule has 4 rings (SSSR count). The summed E-state index contributed by atoms with van der Waals surface area (Å²) in [6.07, 6.45) is 0. The number of aryl methyl sites for hydroxylation is 1. The van der Waals surface area contributed by atoms with Crippen LogP contribution in [0, 0.1) is 12.7 Å². The minimum Gasteiger partial charge on any atom is -0.337 e. The van der Waals surface area contributed by atoms with Gasteiger partial charge in [0.25, 0.3) is 10.0 Å². The molecule has 8 heteroatoms. The quantitative estimate of drug-likeness (QED) is 0.503. The van der Waals surface area contributed by atoms with Crippen LogP contribution < -0.4 is 10.0 Å². The molecule has 0 saturated carbocycles. The highest BCUT2D eigenvalue weighted by Crippen LogP contribution is 2.27. The molecule has 1 aromatic heterocycles. The van der Waals surface area contributed by atoms with Crippen molar-refractivity contribution >= 4 is 38.4 Å². The lowest BCUT2D eigenvalue weighted by Gasteiger charge is -2.14. The fourth-order valence-electron chi connectivity index (χ4n) is 2.91. The summed E-state index contributed by atoms with van der Waals surface area (Å²) in [5.41, 5.74) is 2.19. The second-order valence-corrected chi connectivity index (χ2v) is 8.07. The van der Waals surface area contributed by atoms with E-state index in [0.717, 1.165) is 11.8 Å². The first-order valence-corrected chi connectivity index (χ1v) is 10.3. The van der Waals surface area contributed by atoms with Gasteiger partial charge in [0.2, 0.25) is 0 Å². The lowest BCUT2D eigenvalue weighted by molar-refractivity contribution is 0.598. The third-order valence-corrected chi connectivity index (χ3v) is 5.76. The number of nitrogens with zero attached hydrogens (tertiary/aromatic N) is 2. The number of halogens is 1. The predicted octanol–water partition coefficient (Wildman–Crippen LogP) is 4.62. The van der Waals surface area contributed by atoms with Crippen LogP contribution in [-0.2, 0) is 10.0 Å². The summed E-state index contributed by atoms with van der Waals surface area (Å²) >= 11 is 0. The summed E-state index contributed by atoms with van der Waals surface area (Å²) < 4.78 is 41.8. The second kappa shape index (κ2) is 7.48. The maximum absolute atomic E-state index is 13.4. The van der Waals surface area contributed by atoms with Gasteiger partial charge in [0.05, 0.1) is 15.9 Å². The molecule has 6 nitrogen and oxygen atoms in total. The van der Waals surface area contributed by atoms with Gasteiger partial charge in [-0.3, -0.25) is 4.72 Å². The monoisotopic (exact) mass is 408 g/mol. The highest BCUT2D eigenvalue weighted by Gasteiger charge is 2.21. The molecule has 0 radical (unpaired) electrons. The summed E-state index contributed by atoms with van der Waals surface area (Å²) in [4.78, 5) is 8.94. The first kappa shape index (κ1) is 18.8. The molecule has 0 unspecified atom stereocenters. The van der Waals surface area contributed by atoms with Crippen LogP contribution in [0.1, 0.15) is 5.56 Å². The van der Waals surface area contributed by atoms with Gasteiger partial charge in [0.1, 0.15) is 5.82 Å². The zero-order valence-electron chi connectivity index (χ0n) is 15.4. The van der Waals surface area contributed by atoms with Crippen LogP contribution in [0.3, 0.4) is 0 Å². The molecule has 146 valence electrons. The topological polar surface area (TPSA) is 84.0 Å². The maximum Gasteiger partial charge on any atom is 0.263 e. The van der Waals surface area contributed by atoms with E-state index in [9.17, 15) is 12.8 Å². The van der Waals surface area contributed by atoms with Crippen LogP contribution in [0.4, 0.5) is 21.7 Å². The number of para-hydroxylation sites is 3. The number of nitrogens with one attached hydrogen (secondary N) is 2. The van der Waals surface area contributed by atoms with Gasteiger partial charge in [0, 0.05) is 5.69 Å². The molecular weight excluding hydrogens is 391 g/mol. The van der Waals surface area contributed by atoms with E-state index in [-0.39, 0.29) is 16.5 Å². The van der Waals surface area contributed by atoms with Crippen molar-refractivity contribution in [2.24, 2.45) is 0 Å². The van der Waals surface area contributed by atoms with E-state index < -0.39 is 15.8 Å². The second-order valence-electron chi connectivity index (χ2n) is 6.42. The molecule has 0 bridgehead atoms. The molecule has 29 heavy (non-hydrogen) atoms. The minimum absolute atomic E-state index is 0.0282. The van der Waals surface area contributed by atoms with Crippen molar-refractivity contribution in [3.05, 3.63) is 84.2 Å². The lowest BCUT2D eigenvalue weighted by atomic mass is 10.2. The van der Waals surface area contributed by atoms with E-state index >= 15 is 0 Å². The minimum atomic E-state index is -4.00. The van der Waals surface area contributed by atoms with E-state index in [1.54, 1.807) is 18.2 Å². The summed E-state index contributed by atoms with van der Waals surface area (Å²) in [6, 6.07) is 19.9. The normalized spacial score (nSPS) is 11.4. The molecule has 0 saturated heterocycles. The van der Waals surface area contributed by atoms with Gasteiger partial charge in [-0.15, -0.1) is 0 Å². The van der Waals surface area contributed by atoms with E-state index in [4.69, 9.17) is 0 Å². The van der Waals surface area contributed by atoms with Crippen LogP contribution in [0.15, 0.2) is 77.7 Å². The summed E-state index contributed by atoms with van der Waals surface area (Å²) in [5.74, 6) is -0.187. The number of hydrogen-bond donors (Lipinski definition) is 2. The highest BCUT2D eigenvalue weighted by molar-refractivity contribution is 7.92. The van der Waals surface area contributed by atoms with E-state index in [1.807, 2.05) is 36.4 Å². The molecule has 0 aliphatic carbocycles. The van der Waals surface area contributed by atoms with Crippen LogP contribution >= 0.6 is 0 Å². The van der Waals surface area contributed by atoms with Gasteiger partial charge in [-0.1, -0.05) is 30.3 Å². The number of aromatic nitrogens is 2. The van der Waals surface area contributed by atoms with Gasteiger partial charge in [-0.05, 0) is 55.0 Å². The predicted molar refractivity (Wildman–Crippen MR) is 111 cm³/mol. The summed E-state index contributed by atoms with van der Waals surface area (Å²) in [6.45, 7) is 1.53. The Morgan fingerprint density at radius 2 is 1.45 bits per heavy atom. The Hall–Kier alpha value is -3.52. The van der Waals surface area contributed by atoms with E-state index in [2.05, 4.69) is 20.0 Å². The van der Waals surface area contributed by atoms with Crippen molar-refractivity contribution in [2.75, 3.05) is 10.0 Å².